The Hall–Kier alpha value is -2.67. The predicted molar refractivity (Wildman–Crippen MR) is 126 cm³/mol. The molecule has 1 atom stereocenters. The van der Waals surface area contributed by atoms with Gasteiger partial charge in [-0.05, 0) is 48.7 Å². The van der Waals surface area contributed by atoms with Gasteiger partial charge in [0.2, 0.25) is 5.95 Å². The number of phenols is 1. The number of hydrogen-bond acceptors (Lipinski definition) is 6. The molecule has 0 unspecified atom stereocenters. The molecule has 31 heavy (non-hydrogen) atoms. The molecule has 1 fully saturated rings. The summed E-state index contributed by atoms with van der Waals surface area (Å²) < 4.78 is 0. The van der Waals surface area contributed by atoms with Crippen molar-refractivity contribution in [2.24, 2.45) is 0 Å². The van der Waals surface area contributed by atoms with Gasteiger partial charge in [-0.25, -0.2) is 9.97 Å². The van der Waals surface area contributed by atoms with Crippen molar-refractivity contribution in [3.63, 3.8) is 0 Å². The van der Waals surface area contributed by atoms with E-state index >= 15 is 0 Å². The summed E-state index contributed by atoms with van der Waals surface area (Å²) >= 11 is 5.98. The molecule has 2 heterocycles. The number of nitrogens with zero attached hydrogens (tertiary/aromatic N) is 3. The number of nitrogens with one attached hydrogen (secondary N) is 2. The van der Waals surface area contributed by atoms with Crippen molar-refractivity contribution in [1.29, 1.82) is 0 Å². The average molecular weight is 438 g/mol. The first kappa shape index (κ1) is 21.6. The summed E-state index contributed by atoms with van der Waals surface area (Å²) in [5, 5.41) is 16.6. The molecule has 3 aromatic rings. The second kappa shape index (κ2) is 10.1. The van der Waals surface area contributed by atoms with Gasteiger partial charge in [0.25, 0.3) is 0 Å². The van der Waals surface area contributed by atoms with Gasteiger partial charge < -0.3 is 15.7 Å². The highest BCUT2D eigenvalue weighted by molar-refractivity contribution is 6.32. The Balaban J connectivity index is 1.40. The summed E-state index contributed by atoms with van der Waals surface area (Å²) in [6.45, 7) is 7.04. The third-order valence-electron chi connectivity index (χ3n) is 5.61. The highest BCUT2D eigenvalue weighted by Gasteiger charge is 2.18. The third kappa shape index (κ3) is 5.73. The zero-order valence-corrected chi connectivity index (χ0v) is 18.4. The van der Waals surface area contributed by atoms with Crippen LogP contribution in [0.3, 0.4) is 0 Å². The molecule has 1 aliphatic heterocycles. The first-order valence-corrected chi connectivity index (χ1v) is 11.0. The van der Waals surface area contributed by atoms with E-state index in [1.54, 1.807) is 18.3 Å². The molecule has 0 spiro atoms. The smallest absolute Gasteiger partial charge is 0.223 e. The van der Waals surface area contributed by atoms with E-state index in [2.05, 4.69) is 51.7 Å². The van der Waals surface area contributed by atoms with Crippen LogP contribution in [0.1, 0.15) is 18.1 Å². The van der Waals surface area contributed by atoms with E-state index in [4.69, 9.17) is 16.6 Å². The molecule has 0 aliphatic carbocycles. The summed E-state index contributed by atoms with van der Waals surface area (Å²) in [7, 11) is 0. The number of benzene rings is 2. The number of anilines is 1. The zero-order chi connectivity index (χ0) is 21.6. The van der Waals surface area contributed by atoms with E-state index in [1.807, 2.05) is 12.1 Å². The molecule has 1 aliphatic rings. The largest absolute Gasteiger partial charge is 0.506 e. The zero-order valence-electron chi connectivity index (χ0n) is 17.7. The Kier molecular flexibility index (Phi) is 7.02. The lowest BCUT2D eigenvalue weighted by molar-refractivity contribution is 0.165. The molecule has 162 valence electrons. The fourth-order valence-corrected chi connectivity index (χ4v) is 4.01. The standard InChI is InChI=1S/C24H28ClN5O/c1-17-15-26-11-12-30(17)16-19-3-2-4-20(13-19)22-8-10-28-24(29-22)27-9-7-18-5-6-23(31)21(25)14-18/h2-6,8,10,13-14,17,26,31H,7,9,11-12,15-16H2,1H3,(H,27,28,29)/t17-/m0/s1. The molecular weight excluding hydrogens is 410 g/mol. The lowest BCUT2D eigenvalue weighted by atomic mass is 10.1. The molecule has 4 rings (SSSR count). The van der Waals surface area contributed by atoms with E-state index < -0.39 is 0 Å². The number of phenolic OH excluding ortho intramolecular Hbond substituents is 1. The quantitative estimate of drug-likeness (QED) is 0.519. The van der Waals surface area contributed by atoms with Crippen molar-refractivity contribution in [3.05, 3.63) is 70.9 Å². The maximum Gasteiger partial charge on any atom is 0.223 e. The molecule has 6 nitrogen and oxygen atoms in total. The normalized spacial score (nSPS) is 16.9. The number of rotatable bonds is 7. The van der Waals surface area contributed by atoms with Gasteiger partial charge in [-0.15, -0.1) is 0 Å². The van der Waals surface area contributed by atoms with E-state index in [1.165, 1.54) is 5.56 Å². The van der Waals surface area contributed by atoms with Gasteiger partial charge in [-0.2, -0.15) is 0 Å². The minimum absolute atomic E-state index is 0.100. The van der Waals surface area contributed by atoms with Gasteiger partial charge in [0.1, 0.15) is 5.75 Å². The first-order chi connectivity index (χ1) is 15.1. The summed E-state index contributed by atoms with van der Waals surface area (Å²) in [6, 6.07) is 16.3. The van der Waals surface area contributed by atoms with Crippen LogP contribution in [0, 0.1) is 0 Å². The van der Waals surface area contributed by atoms with Crippen molar-refractivity contribution in [2.75, 3.05) is 31.5 Å². The number of hydrogen-bond donors (Lipinski definition) is 3. The van der Waals surface area contributed by atoms with Crippen LogP contribution in [0.5, 0.6) is 5.75 Å². The van der Waals surface area contributed by atoms with Crippen LogP contribution in [0.4, 0.5) is 5.95 Å². The van der Waals surface area contributed by atoms with Crippen LogP contribution < -0.4 is 10.6 Å². The molecule has 0 bridgehead atoms. The van der Waals surface area contributed by atoms with Gasteiger partial charge in [-0.1, -0.05) is 35.9 Å². The number of halogens is 1. The Morgan fingerprint density at radius 2 is 2.10 bits per heavy atom. The Bertz CT molecular complexity index is 1030. The van der Waals surface area contributed by atoms with Crippen molar-refractivity contribution in [3.8, 4) is 17.0 Å². The lowest BCUT2D eigenvalue weighted by Crippen LogP contribution is -2.49. The molecule has 2 aromatic carbocycles. The lowest BCUT2D eigenvalue weighted by Gasteiger charge is -2.33. The van der Waals surface area contributed by atoms with Gasteiger partial charge in [0, 0.05) is 50.5 Å². The molecule has 0 saturated carbocycles. The number of aromatic nitrogens is 2. The van der Waals surface area contributed by atoms with E-state index in [0.29, 0.717) is 23.6 Å². The van der Waals surface area contributed by atoms with Crippen molar-refractivity contribution < 1.29 is 5.11 Å². The van der Waals surface area contributed by atoms with Crippen LogP contribution in [-0.4, -0.2) is 52.2 Å². The maximum absolute atomic E-state index is 9.54. The summed E-state index contributed by atoms with van der Waals surface area (Å²) in [4.78, 5) is 11.6. The molecule has 3 N–H and O–H groups in total. The van der Waals surface area contributed by atoms with Crippen LogP contribution in [-0.2, 0) is 13.0 Å². The fraction of sp³-hybridized carbons (Fsp3) is 0.333. The van der Waals surface area contributed by atoms with Gasteiger partial charge in [0.15, 0.2) is 0 Å². The minimum Gasteiger partial charge on any atom is -0.506 e. The van der Waals surface area contributed by atoms with Gasteiger partial charge in [-0.3, -0.25) is 4.90 Å². The Morgan fingerprint density at radius 3 is 2.94 bits per heavy atom. The molecule has 0 amide bonds. The number of aromatic hydroxyl groups is 1. The van der Waals surface area contributed by atoms with Crippen LogP contribution >= 0.6 is 11.6 Å². The monoisotopic (exact) mass is 437 g/mol. The maximum atomic E-state index is 9.54. The van der Waals surface area contributed by atoms with Crippen LogP contribution in [0.2, 0.25) is 5.02 Å². The number of piperazine rings is 1. The Morgan fingerprint density at radius 1 is 1.19 bits per heavy atom. The first-order valence-electron chi connectivity index (χ1n) is 10.7. The second-order valence-corrected chi connectivity index (χ2v) is 8.36. The van der Waals surface area contributed by atoms with Crippen molar-refractivity contribution in [1.82, 2.24) is 20.2 Å². The highest BCUT2D eigenvalue weighted by Crippen LogP contribution is 2.24. The molecule has 7 heteroatoms. The van der Waals surface area contributed by atoms with E-state index in [0.717, 1.165) is 49.4 Å². The van der Waals surface area contributed by atoms with Gasteiger partial charge in [0.05, 0.1) is 10.7 Å². The average Bonchev–Trinajstić information content (AvgIpc) is 2.78. The summed E-state index contributed by atoms with van der Waals surface area (Å²) in [6.07, 6.45) is 2.54. The molecule has 0 radical (unpaired) electrons. The van der Waals surface area contributed by atoms with Crippen molar-refractivity contribution >= 4 is 17.5 Å². The predicted octanol–water partition coefficient (Wildman–Crippen LogP) is 3.95. The highest BCUT2D eigenvalue weighted by atomic mass is 35.5. The van der Waals surface area contributed by atoms with Crippen molar-refractivity contribution in [2.45, 2.75) is 25.9 Å². The van der Waals surface area contributed by atoms with Crippen LogP contribution in [0.25, 0.3) is 11.3 Å². The SMILES string of the molecule is C[C@H]1CNCCN1Cc1cccc(-c2ccnc(NCCc3ccc(O)c(Cl)c3)n2)c1. The Labute approximate surface area is 188 Å². The fourth-order valence-electron chi connectivity index (χ4n) is 3.81. The van der Waals surface area contributed by atoms with Crippen LogP contribution in [0.15, 0.2) is 54.7 Å². The summed E-state index contributed by atoms with van der Waals surface area (Å²) in [5.74, 6) is 0.701. The molecule has 1 aromatic heterocycles. The van der Waals surface area contributed by atoms with E-state index in [-0.39, 0.29) is 5.75 Å². The molecular formula is C24H28ClN5O. The topological polar surface area (TPSA) is 73.3 Å². The third-order valence-corrected chi connectivity index (χ3v) is 5.91. The second-order valence-electron chi connectivity index (χ2n) is 7.95. The van der Waals surface area contributed by atoms with E-state index in [9.17, 15) is 5.11 Å². The molecule has 1 saturated heterocycles. The minimum atomic E-state index is 0.100. The van der Waals surface area contributed by atoms with Gasteiger partial charge >= 0.3 is 0 Å². The summed E-state index contributed by atoms with van der Waals surface area (Å²) in [5.41, 5.74) is 4.33.